The van der Waals surface area contributed by atoms with Crippen LogP contribution in [0.1, 0.15) is 52.5 Å². The molecule has 1 aromatic heterocycles. The maximum Gasteiger partial charge on any atom is 0.234 e. The summed E-state index contributed by atoms with van der Waals surface area (Å²) < 4.78 is 2.02. The van der Waals surface area contributed by atoms with E-state index in [2.05, 4.69) is 55.3 Å². The molecule has 0 radical (unpaired) electrons. The number of aromatic nitrogens is 3. The fourth-order valence-corrected chi connectivity index (χ4v) is 3.16. The van der Waals surface area contributed by atoms with Gasteiger partial charge in [-0.2, -0.15) is 0 Å². The van der Waals surface area contributed by atoms with E-state index in [0.29, 0.717) is 5.75 Å². The maximum atomic E-state index is 12.2. The lowest BCUT2D eigenvalue weighted by molar-refractivity contribution is -0.113. The molecule has 136 valence electrons. The molecule has 2 rings (SSSR count). The van der Waals surface area contributed by atoms with Gasteiger partial charge < -0.3 is 9.88 Å². The largest absolute Gasteiger partial charge is 0.325 e. The number of carbonyl (C=O) groups is 1. The summed E-state index contributed by atoms with van der Waals surface area (Å²) >= 11 is 1.42. The van der Waals surface area contributed by atoms with Gasteiger partial charge >= 0.3 is 0 Å². The van der Waals surface area contributed by atoms with Crippen LogP contribution < -0.4 is 5.32 Å². The van der Waals surface area contributed by atoms with Crippen molar-refractivity contribution in [1.82, 2.24) is 14.8 Å². The second-order valence-electron chi connectivity index (χ2n) is 7.18. The summed E-state index contributed by atoms with van der Waals surface area (Å²) in [5.74, 6) is 0.296. The smallest absolute Gasteiger partial charge is 0.234 e. The Kier molecular flexibility index (Phi) is 7.05. The average molecular weight is 361 g/mol. The minimum absolute atomic E-state index is 0.0309. The minimum atomic E-state index is -0.0309. The summed E-state index contributed by atoms with van der Waals surface area (Å²) in [5, 5.41) is 11.8. The zero-order valence-corrected chi connectivity index (χ0v) is 16.4. The Hall–Kier alpha value is -1.82. The second kappa shape index (κ2) is 9.04. The number of thioether (sulfide) groups is 1. The average Bonchev–Trinajstić information content (AvgIpc) is 3.00. The van der Waals surface area contributed by atoms with E-state index < -0.39 is 0 Å². The molecule has 2 aromatic rings. The van der Waals surface area contributed by atoms with Crippen molar-refractivity contribution in [3.63, 3.8) is 0 Å². The van der Waals surface area contributed by atoms with Crippen LogP contribution in [0.3, 0.4) is 0 Å². The zero-order chi connectivity index (χ0) is 18.3. The predicted molar refractivity (Wildman–Crippen MR) is 104 cm³/mol. The third kappa shape index (κ3) is 6.20. The summed E-state index contributed by atoms with van der Waals surface area (Å²) in [4.78, 5) is 12.2. The van der Waals surface area contributed by atoms with Gasteiger partial charge in [0.05, 0.1) is 5.75 Å². The Labute approximate surface area is 154 Å². The number of rotatable bonds is 8. The standard InChI is InChI=1S/C19H28N4OS/c1-5-6-7-12-23-14-20-22-18(23)25-13-17(24)21-16-10-8-15(9-11-16)19(2,3)4/h8-11,14H,5-7,12-13H2,1-4H3,(H,21,24). The molecule has 1 N–H and O–H groups in total. The molecule has 0 atom stereocenters. The van der Waals surface area contributed by atoms with E-state index in [1.165, 1.54) is 30.2 Å². The lowest BCUT2D eigenvalue weighted by Crippen LogP contribution is -2.15. The van der Waals surface area contributed by atoms with Crippen LogP contribution in [0.4, 0.5) is 5.69 Å². The number of aryl methyl sites for hydroxylation is 1. The van der Waals surface area contributed by atoms with Crippen LogP contribution in [0.25, 0.3) is 0 Å². The highest BCUT2D eigenvalue weighted by atomic mass is 32.2. The second-order valence-corrected chi connectivity index (χ2v) is 8.12. The number of hydrogen-bond acceptors (Lipinski definition) is 4. The lowest BCUT2D eigenvalue weighted by atomic mass is 9.87. The number of nitrogens with one attached hydrogen (secondary N) is 1. The number of amides is 1. The molecule has 0 saturated heterocycles. The molecule has 1 heterocycles. The van der Waals surface area contributed by atoms with Crippen LogP contribution >= 0.6 is 11.8 Å². The molecule has 5 nitrogen and oxygen atoms in total. The number of carbonyl (C=O) groups excluding carboxylic acids is 1. The molecular formula is C19H28N4OS. The summed E-state index contributed by atoms with van der Waals surface area (Å²) in [6.45, 7) is 9.61. The zero-order valence-electron chi connectivity index (χ0n) is 15.6. The van der Waals surface area contributed by atoms with E-state index in [4.69, 9.17) is 0 Å². The van der Waals surface area contributed by atoms with Crippen LogP contribution in [0.15, 0.2) is 35.7 Å². The molecule has 0 saturated carbocycles. The molecule has 0 aliphatic carbocycles. The SMILES string of the molecule is CCCCCn1cnnc1SCC(=O)Nc1ccc(C(C)(C)C)cc1. The fraction of sp³-hybridized carbons (Fsp3) is 0.526. The molecule has 0 fully saturated rings. The maximum absolute atomic E-state index is 12.2. The molecule has 6 heteroatoms. The van der Waals surface area contributed by atoms with Gasteiger partial charge in [-0.1, -0.05) is 64.4 Å². The van der Waals surface area contributed by atoms with E-state index in [9.17, 15) is 4.79 Å². The van der Waals surface area contributed by atoms with Crippen molar-refractivity contribution in [2.75, 3.05) is 11.1 Å². The quantitative estimate of drug-likeness (QED) is 0.556. The van der Waals surface area contributed by atoms with Crippen molar-refractivity contribution >= 4 is 23.4 Å². The number of hydrogen-bond donors (Lipinski definition) is 1. The van der Waals surface area contributed by atoms with Gasteiger partial charge in [0.25, 0.3) is 0 Å². The highest BCUT2D eigenvalue weighted by Gasteiger charge is 2.13. The van der Waals surface area contributed by atoms with Crippen molar-refractivity contribution in [3.8, 4) is 0 Å². The first-order valence-electron chi connectivity index (χ1n) is 8.81. The summed E-state index contributed by atoms with van der Waals surface area (Å²) in [6.07, 6.45) is 5.21. The molecule has 0 aliphatic heterocycles. The van der Waals surface area contributed by atoms with Crippen molar-refractivity contribution in [2.45, 2.75) is 64.1 Å². The summed E-state index contributed by atoms with van der Waals surface area (Å²) in [5.41, 5.74) is 2.18. The number of anilines is 1. The van der Waals surface area contributed by atoms with Gasteiger partial charge in [0.15, 0.2) is 5.16 Å². The van der Waals surface area contributed by atoms with E-state index in [-0.39, 0.29) is 11.3 Å². The minimum Gasteiger partial charge on any atom is -0.325 e. The molecule has 0 bridgehead atoms. The Morgan fingerprint density at radius 2 is 1.92 bits per heavy atom. The fourth-order valence-electron chi connectivity index (χ4n) is 2.42. The van der Waals surface area contributed by atoms with Gasteiger partial charge in [-0.05, 0) is 29.5 Å². The highest BCUT2D eigenvalue weighted by Crippen LogP contribution is 2.23. The van der Waals surface area contributed by atoms with Crippen LogP contribution in [0, 0.1) is 0 Å². The molecule has 25 heavy (non-hydrogen) atoms. The predicted octanol–water partition coefficient (Wildman–Crippen LogP) is 4.50. The summed E-state index contributed by atoms with van der Waals surface area (Å²) in [7, 11) is 0. The van der Waals surface area contributed by atoms with Gasteiger partial charge in [-0.3, -0.25) is 4.79 Å². The van der Waals surface area contributed by atoms with Crippen molar-refractivity contribution in [3.05, 3.63) is 36.2 Å². The van der Waals surface area contributed by atoms with E-state index in [0.717, 1.165) is 23.8 Å². The van der Waals surface area contributed by atoms with Crippen LogP contribution in [0.2, 0.25) is 0 Å². The first kappa shape index (κ1) is 19.5. The molecule has 0 unspecified atom stereocenters. The van der Waals surface area contributed by atoms with E-state index >= 15 is 0 Å². The van der Waals surface area contributed by atoms with Crippen LogP contribution in [-0.2, 0) is 16.8 Å². The van der Waals surface area contributed by atoms with E-state index in [1.54, 1.807) is 6.33 Å². The first-order chi connectivity index (χ1) is 11.9. The van der Waals surface area contributed by atoms with Crippen molar-refractivity contribution in [1.29, 1.82) is 0 Å². The van der Waals surface area contributed by atoms with Crippen LogP contribution in [0.5, 0.6) is 0 Å². The Morgan fingerprint density at radius 1 is 1.20 bits per heavy atom. The monoisotopic (exact) mass is 360 g/mol. The molecule has 1 aromatic carbocycles. The van der Waals surface area contributed by atoms with E-state index in [1.807, 2.05) is 16.7 Å². The van der Waals surface area contributed by atoms with Crippen molar-refractivity contribution in [2.24, 2.45) is 0 Å². The number of nitrogens with zero attached hydrogens (tertiary/aromatic N) is 3. The Balaban J connectivity index is 1.84. The van der Waals surface area contributed by atoms with Gasteiger partial charge in [-0.15, -0.1) is 10.2 Å². The number of unbranched alkanes of at least 4 members (excludes halogenated alkanes) is 2. The number of benzene rings is 1. The van der Waals surface area contributed by atoms with Crippen molar-refractivity contribution < 1.29 is 4.79 Å². The van der Waals surface area contributed by atoms with Gasteiger partial charge in [0, 0.05) is 12.2 Å². The van der Waals surface area contributed by atoms with Gasteiger partial charge in [0.1, 0.15) is 6.33 Å². The molecule has 1 amide bonds. The third-order valence-corrected chi connectivity index (χ3v) is 4.93. The summed E-state index contributed by atoms with van der Waals surface area (Å²) in [6, 6.07) is 8.03. The highest BCUT2D eigenvalue weighted by molar-refractivity contribution is 7.99. The molecule has 0 aliphatic rings. The Morgan fingerprint density at radius 3 is 2.56 bits per heavy atom. The third-order valence-electron chi connectivity index (χ3n) is 3.95. The lowest BCUT2D eigenvalue weighted by Gasteiger charge is -2.19. The molecular weight excluding hydrogens is 332 g/mol. The Bertz CT molecular complexity index is 673. The normalized spacial score (nSPS) is 11.5. The molecule has 0 spiro atoms. The van der Waals surface area contributed by atoms with Crippen LogP contribution in [-0.4, -0.2) is 26.4 Å². The van der Waals surface area contributed by atoms with Gasteiger partial charge in [-0.25, -0.2) is 0 Å². The van der Waals surface area contributed by atoms with Gasteiger partial charge in [0.2, 0.25) is 5.91 Å². The first-order valence-corrected chi connectivity index (χ1v) is 9.79. The topological polar surface area (TPSA) is 59.8 Å².